The zero-order valence-corrected chi connectivity index (χ0v) is 14.3. The molecule has 1 aliphatic rings. The second-order valence-corrected chi connectivity index (χ2v) is 5.94. The summed E-state index contributed by atoms with van der Waals surface area (Å²) in [6, 6.07) is 5.30. The number of halogens is 2. The van der Waals surface area contributed by atoms with Gasteiger partial charge >= 0.3 is 0 Å². The molecule has 1 fully saturated rings. The third kappa shape index (κ3) is 5.70. The number of rotatable bonds is 5. The van der Waals surface area contributed by atoms with Gasteiger partial charge in [-0.2, -0.15) is 5.10 Å². The Bertz CT molecular complexity index is 515. The first-order valence-corrected chi connectivity index (χ1v) is 8.14. The van der Waals surface area contributed by atoms with E-state index >= 15 is 0 Å². The lowest BCUT2D eigenvalue weighted by Crippen LogP contribution is -2.42. The Hall–Kier alpha value is -0.920. The molecule has 1 saturated heterocycles. The molecule has 0 saturated carbocycles. The molecule has 0 aromatic heterocycles. The van der Waals surface area contributed by atoms with Crippen molar-refractivity contribution in [3.63, 3.8) is 0 Å². The van der Waals surface area contributed by atoms with E-state index in [-0.39, 0.29) is 0 Å². The molecular formula is C14H18Cl2N4OS. The third-order valence-electron chi connectivity index (χ3n) is 3.18. The summed E-state index contributed by atoms with van der Waals surface area (Å²) in [6.07, 6.45) is 1.56. The summed E-state index contributed by atoms with van der Waals surface area (Å²) in [6.45, 7) is 5.20. The lowest BCUT2D eigenvalue weighted by Gasteiger charge is -2.26. The van der Waals surface area contributed by atoms with E-state index in [1.807, 2.05) is 0 Å². The van der Waals surface area contributed by atoms with Crippen LogP contribution in [0.1, 0.15) is 5.56 Å². The summed E-state index contributed by atoms with van der Waals surface area (Å²) < 4.78 is 5.30. The number of hydrazone groups is 1. The van der Waals surface area contributed by atoms with Crippen LogP contribution in [0.15, 0.2) is 23.3 Å². The molecular weight excluding hydrogens is 343 g/mol. The Labute approximate surface area is 145 Å². The summed E-state index contributed by atoms with van der Waals surface area (Å²) in [5.74, 6) is 0. The van der Waals surface area contributed by atoms with Crippen LogP contribution in [0.4, 0.5) is 0 Å². The number of ether oxygens (including phenoxy) is 1. The minimum Gasteiger partial charge on any atom is -0.379 e. The lowest BCUT2D eigenvalue weighted by atomic mass is 10.2. The Morgan fingerprint density at radius 1 is 1.32 bits per heavy atom. The van der Waals surface area contributed by atoms with Gasteiger partial charge in [0.1, 0.15) is 0 Å². The van der Waals surface area contributed by atoms with Crippen LogP contribution in [-0.2, 0) is 4.74 Å². The van der Waals surface area contributed by atoms with Crippen molar-refractivity contribution >= 4 is 46.7 Å². The summed E-state index contributed by atoms with van der Waals surface area (Å²) in [5, 5.41) is 8.71. The largest absolute Gasteiger partial charge is 0.379 e. The van der Waals surface area contributed by atoms with Crippen LogP contribution in [0.3, 0.4) is 0 Å². The predicted molar refractivity (Wildman–Crippen MR) is 95.1 cm³/mol. The van der Waals surface area contributed by atoms with Crippen LogP contribution in [0.2, 0.25) is 10.0 Å². The molecule has 0 unspecified atom stereocenters. The summed E-state index contributed by atoms with van der Waals surface area (Å²) >= 11 is 17.3. The predicted octanol–water partition coefficient (Wildman–Crippen LogP) is 2.12. The van der Waals surface area contributed by atoms with Crippen LogP contribution < -0.4 is 10.7 Å². The van der Waals surface area contributed by atoms with Gasteiger partial charge in [-0.1, -0.05) is 29.3 Å². The quantitative estimate of drug-likeness (QED) is 0.478. The highest BCUT2D eigenvalue weighted by Gasteiger charge is 2.09. The van der Waals surface area contributed by atoms with Crippen molar-refractivity contribution in [3.8, 4) is 0 Å². The zero-order chi connectivity index (χ0) is 15.8. The number of morpholine rings is 1. The Morgan fingerprint density at radius 3 is 2.68 bits per heavy atom. The molecule has 0 radical (unpaired) electrons. The summed E-state index contributed by atoms with van der Waals surface area (Å²) in [7, 11) is 0. The fraction of sp³-hybridized carbons (Fsp3) is 0.429. The topological polar surface area (TPSA) is 48.9 Å². The van der Waals surface area contributed by atoms with E-state index in [0.717, 1.165) is 39.4 Å². The van der Waals surface area contributed by atoms with Crippen molar-refractivity contribution in [1.29, 1.82) is 0 Å². The molecule has 1 aromatic carbocycles. The van der Waals surface area contributed by atoms with E-state index in [4.69, 9.17) is 40.2 Å². The Balaban J connectivity index is 1.70. The van der Waals surface area contributed by atoms with E-state index in [1.54, 1.807) is 24.4 Å². The van der Waals surface area contributed by atoms with Gasteiger partial charge in [-0.3, -0.25) is 10.3 Å². The first kappa shape index (κ1) is 17.4. The second kappa shape index (κ2) is 9.27. The lowest BCUT2D eigenvalue weighted by molar-refractivity contribution is 0.0389. The maximum atomic E-state index is 6.05. The van der Waals surface area contributed by atoms with Crippen LogP contribution in [0, 0.1) is 0 Å². The van der Waals surface area contributed by atoms with Gasteiger partial charge < -0.3 is 10.1 Å². The normalized spacial score (nSPS) is 15.9. The minimum atomic E-state index is 0.465. The standard InChI is InChI=1S/C14H18Cl2N4OS/c15-12-2-1-3-13(16)11(12)10-18-19-14(22)17-4-5-20-6-8-21-9-7-20/h1-3,10H,4-9H2,(H2,17,19,22)/b18-10-. The van der Waals surface area contributed by atoms with Gasteiger partial charge in [0.15, 0.2) is 5.11 Å². The van der Waals surface area contributed by atoms with Crippen molar-refractivity contribution in [2.75, 3.05) is 39.4 Å². The van der Waals surface area contributed by atoms with Crippen LogP contribution >= 0.6 is 35.4 Å². The number of hydrogen-bond donors (Lipinski definition) is 2. The number of thiocarbonyl (C=S) groups is 1. The van der Waals surface area contributed by atoms with Crippen LogP contribution in [0.5, 0.6) is 0 Å². The molecule has 8 heteroatoms. The molecule has 2 rings (SSSR count). The van der Waals surface area contributed by atoms with E-state index in [2.05, 4.69) is 20.7 Å². The average Bonchev–Trinajstić information content (AvgIpc) is 2.51. The monoisotopic (exact) mass is 360 g/mol. The van der Waals surface area contributed by atoms with E-state index in [9.17, 15) is 0 Å². The molecule has 0 aliphatic carbocycles. The molecule has 22 heavy (non-hydrogen) atoms. The Morgan fingerprint density at radius 2 is 2.00 bits per heavy atom. The van der Waals surface area contributed by atoms with Gasteiger partial charge in [0.2, 0.25) is 0 Å². The highest BCUT2D eigenvalue weighted by molar-refractivity contribution is 7.80. The Kier molecular flexibility index (Phi) is 7.35. The molecule has 2 N–H and O–H groups in total. The van der Waals surface area contributed by atoms with Crippen LogP contribution in [0.25, 0.3) is 0 Å². The number of nitrogens with one attached hydrogen (secondary N) is 2. The minimum absolute atomic E-state index is 0.465. The van der Waals surface area contributed by atoms with E-state index < -0.39 is 0 Å². The highest BCUT2D eigenvalue weighted by Crippen LogP contribution is 2.21. The fourth-order valence-electron chi connectivity index (χ4n) is 1.98. The SMILES string of the molecule is S=C(NCCN1CCOCC1)N/N=C\c1c(Cl)cccc1Cl. The zero-order valence-electron chi connectivity index (χ0n) is 12.0. The summed E-state index contributed by atoms with van der Waals surface area (Å²) in [5.41, 5.74) is 3.41. The molecule has 5 nitrogen and oxygen atoms in total. The molecule has 1 aromatic rings. The first-order valence-electron chi connectivity index (χ1n) is 6.98. The first-order chi connectivity index (χ1) is 10.7. The van der Waals surface area contributed by atoms with Gasteiger partial charge in [0, 0.05) is 31.7 Å². The van der Waals surface area contributed by atoms with Crippen molar-refractivity contribution < 1.29 is 4.74 Å². The van der Waals surface area contributed by atoms with Gasteiger partial charge in [0.05, 0.1) is 29.5 Å². The number of nitrogens with zero attached hydrogens (tertiary/aromatic N) is 2. The van der Waals surface area contributed by atoms with E-state index in [1.165, 1.54) is 0 Å². The van der Waals surface area contributed by atoms with Crippen molar-refractivity contribution in [1.82, 2.24) is 15.6 Å². The maximum absolute atomic E-state index is 6.05. The second-order valence-electron chi connectivity index (χ2n) is 4.72. The molecule has 0 spiro atoms. The molecule has 0 amide bonds. The van der Waals surface area contributed by atoms with Crippen molar-refractivity contribution in [2.24, 2.45) is 5.10 Å². The maximum Gasteiger partial charge on any atom is 0.187 e. The van der Waals surface area contributed by atoms with Crippen molar-refractivity contribution in [2.45, 2.75) is 0 Å². The molecule has 1 heterocycles. The smallest absolute Gasteiger partial charge is 0.187 e. The van der Waals surface area contributed by atoms with Gasteiger partial charge in [0.25, 0.3) is 0 Å². The number of benzene rings is 1. The molecule has 120 valence electrons. The van der Waals surface area contributed by atoms with E-state index in [0.29, 0.717) is 20.7 Å². The number of hydrogen-bond acceptors (Lipinski definition) is 4. The van der Waals surface area contributed by atoms with Crippen LogP contribution in [-0.4, -0.2) is 55.6 Å². The average molecular weight is 361 g/mol. The fourth-order valence-corrected chi connectivity index (χ4v) is 2.63. The summed E-state index contributed by atoms with van der Waals surface area (Å²) in [4.78, 5) is 2.33. The molecule has 0 atom stereocenters. The third-order valence-corrected chi connectivity index (χ3v) is 4.07. The highest BCUT2D eigenvalue weighted by atomic mass is 35.5. The van der Waals surface area contributed by atoms with Gasteiger partial charge in [-0.05, 0) is 24.4 Å². The van der Waals surface area contributed by atoms with Gasteiger partial charge in [-0.25, -0.2) is 0 Å². The van der Waals surface area contributed by atoms with Gasteiger partial charge in [-0.15, -0.1) is 0 Å². The molecule has 1 aliphatic heterocycles. The molecule has 0 bridgehead atoms. The van der Waals surface area contributed by atoms with Crippen molar-refractivity contribution in [3.05, 3.63) is 33.8 Å².